The van der Waals surface area contributed by atoms with Gasteiger partial charge in [0.15, 0.2) is 0 Å². The Morgan fingerprint density at radius 2 is 0.182 bits per heavy atom. The van der Waals surface area contributed by atoms with Crippen molar-refractivity contribution in [2.75, 3.05) is 0 Å². The van der Waals surface area contributed by atoms with Crippen LogP contribution in [0.2, 0.25) is 0 Å². The number of hydrogen-bond acceptors (Lipinski definition) is 0. The van der Waals surface area contributed by atoms with Gasteiger partial charge in [0, 0.05) is 0 Å². The molecule has 0 spiro atoms. The van der Waals surface area contributed by atoms with E-state index in [9.17, 15) is 0 Å². The van der Waals surface area contributed by atoms with E-state index < -0.39 is 0 Å². The molecule has 0 atom stereocenters. The van der Waals surface area contributed by atoms with Crippen LogP contribution in [-0.4, -0.2) is 209 Å². The van der Waals surface area contributed by atoms with Crippen molar-refractivity contribution in [3.63, 3.8) is 0 Å². The molecule has 0 unspecified atom stereocenters. The Labute approximate surface area is 352 Å². The Balaban J connectivity index is 0. The summed E-state index contributed by atoms with van der Waals surface area (Å²) in [4.78, 5) is 0. The van der Waals surface area contributed by atoms with Crippen LogP contribution in [0.25, 0.3) is 0 Å². The van der Waals surface area contributed by atoms with Gasteiger partial charge in [-0.25, -0.2) is 0 Å². The van der Waals surface area contributed by atoms with Gasteiger partial charge in [-0.05, 0) is 0 Å². The molecule has 0 bridgehead atoms. The van der Waals surface area contributed by atoms with Crippen molar-refractivity contribution in [2.24, 2.45) is 0 Å². The van der Waals surface area contributed by atoms with Crippen LogP contribution in [-0.2, 0) is 102 Å². The molecule has 0 aromatic carbocycles. The van der Waals surface area contributed by atoms with Crippen LogP contribution < -0.4 is 0 Å². The third-order valence-electron chi connectivity index (χ3n) is 0. The van der Waals surface area contributed by atoms with Crippen molar-refractivity contribution in [3.8, 4) is 0 Å². The number of rotatable bonds is 0. The van der Waals surface area contributed by atoms with E-state index >= 15 is 0 Å². The molecule has 22 heteroatoms. The summed E-state index contributed by atoms with van der Waals surface area (Å²) in [5.41, 5.74) is 0. The van der Waals surface area contributed by atoms with Crippen molar-refractivity contribution < 1.29 is 102 Å². The molecular weight excluding hydrogens is 1280 g/mol. The van der Waals surface area contributed by atoms with Crippen molar-refractivity contribution in [1.29, 1.82) is 0 Å². The van der Waals surface area contributed by atoms with Crippen molar-refractivity contribution in [2.45, 2.75) is 0 Å². The first kappa shape index (κ1) is 260. The minimum absolute atomic E-state index is 0. The zero-order valence-corrected chi connectivity index (χ0v) is 45.7. The van der Waals surface area contributed by atoms with Crippen LogP contribution in [0, 0.1) is 0 Å². The summed E-state index contributed by atoms with van der Waals surface area (Å²) < 4.78 is 0. The van der Waals surface area contributed by atoms with E-state index in [4.69, 9.17) is 0 Å². The Morgan fingerprint density at radius 1 is 0.182 bits per heavy atom. The van der Waals surface area contributed by atoms with E-state index in [1.165, 1.54) is 0 Å². The molecule has 110 valence electrons. The van der Waals surface area contributed by atoms with Crippen LogP contribution in [0.5, 0.6) is 0 Å². The molecule has 0 aromatic rings. The molecule has 0 aromatic heterocycles. The fraction of sp³-hybridized carbons (Fsp3) is 0. The van der Waals surface area contributed by atoms with Crippen LogP contribution in [0.15, 0.2) is 0 Å². The fourth-order valence-electron chi connectivity index (χ4n) is 0. The van der Waals surface area contributed by atoms with Crippen molar-refractivity contribution in [3.05, 3.63) is 0 Å². The van der Waals surface area contributed by atoms with Crippen LogP contribution in [0.3, 0.4) is 0 Å². The van der Waals surface area contributed by atoms with E-state index in [0.717, 1.165) is 0 Å². The van der Waals surface area contributed by atoms with E-state index in [2.05, 4.69) is 0 Å². The summed E-state index contributed by atoms with van der Waals surface area (Å²) in [7, 11) is 0. The SMILES string of the molecule is [As-3].[As-3].[As-3].[As-3].[As-3].[Ga+3].[Ga+3].[Ga+3].[Ga+3].[Ga+3].[Ga+3].[Mn+2].[Mn+2].[Mn+2].[Mn+2].[Mn+2].[Mn+2].[P-3].[P-3].[P-3].[P-3].[P-3]. The van der Waals surface area contributed by atoms with Gasteiger partial charge in [-0.2, -0.15) is 0 Å². The van der Waals surface area contributed by atoms with Crippen LogP contribution >= 0.6 is 49.5 Å². The zero-order chi connectivity index (χ0) is 0. The first-order valence-corrected chi connectivity index (χ1v) is 0. The van der Waals surface area contributed by atoms with Gasteiger partial charge in [-0.1, -0.05) is 0 Å². The predicted molar refractivity (Wildman–Crippen MR) is 97.9 cm³/mol. The van der Waals surface area contributed by atoms with Gasteiger partial charge in [0.05, 0.1) is 0 Å². The first-order chi connectivity index (χ1) is 0. The molecule has 0 amide bonds. The molecule has 0 aliphatic heterocycles. The zero-order valence-electron chi connectivity index (χ0n) is 10.2. The van der Waals surface area contributed by atoms with Gasteiger partial charge in [0.25, 0.3) is 0 Å². The number of hydrogen-bond donors (Lipinski definition) is 0. The molecule has 0 aliphatic rings. The molecule has 0 saturated carbocycles. The van der Waals surface area contributed by atoms with Gasteiger partial charge in [0.2, 0.25) is 0 Å². The molecular formula is As5Ga6Mn6P5. The summed E-state index contributed by atoms with van der Waals surface area (Å²) in [6.45, 7) is 0. The van der Waals surface area contributed by atoms with Gasteiger partial charge in [0.1, 0.15) is 0 Å². The quantitative estimate of drug-likeness (QED) is 0.239. The average molecular weight is 1280 g/mol. The molecule has 6 radical (unpaired) electrons. The Morgan fingerprint density at radius 3 is 0.182 bits per heavy atom. The second kappa shape index (κ2) is 237. The van der Waals surface area contributed by atoms with E-state index in [-0.39, 0.29) is 360 Å². The maximum Gasteiger partial charge on any atom is 3.00 e. The summed E-state index contributed by atoms with van der Waals surface area (Å²) in [5.74, 6) is 0. The Hall–Kier alpha value is 11.9. The third kappa shape index (κ3) is 215. The fourth-order valence-corrected chi connectivity index (χ4v) is 0. The third-order valence-corrected chi connectivity index (χ3v) is 0. The molecule has 0 heterocycles. The minimum Gasteiger partial charge on any atom is -3.00 e. The molecule has 22 heavy (non-hydrogen) atoms. The molecule has 0 fully saturated rings. The molecule has 0 N–H and O–H groups in total. The van der Waals surface area contributed by atoms with Crippen molar-refractivity contribution >= 4 is 258 Å². The van der Waals surface area contributed by atoms with Gasteiger partial charge in [-0.3, -0.25) is 0 Å². The molecule has 0 nitrogen and oxygen atoms in total. The second-order valence-corrected chi connectivity index (χ2v) is 0. The van der Waals surface area contributed by atoms with E-state index in [0.29, 0.717) is 0 Å². The predicted octanol–water partition coefficient (Wildman–Crippen LogP) is 0.102. The summed E-state index contributed by atoms with van der Waals surface area (Å²) in [6.07, 6.45) is 0. The Bertz CT molecular complexity index is 43.9. The topological polar surface area (TPSA) is 0 Å². The normalized spacial score (nSPS) is 0. The van der Waals surface area contributed by atoms with Crippen LogP contribution in [0.4, 0.5) is 0 Å². The maximum atomic E-state index is 0. The van der Waals surface area contributed by atoms with Gasteiger partial charge in [-0.15, -0.1) is 0 Å². The van der Waals surface area contributed by atoms with Crippen LogP contribution in [0.1, 0.15) is 0 Å². The second-order valence-electron chi connectivity index (χ2n) is 0. The Kier molecular flexibility index (Phi) is 2790. The minimum atomic E-state index is 0. The van der Waals surface area contributed by atoms with E-state index in [1.54, 1.807) is 0 Å². The summed E-state index contributed by atoms with van der Waals surface area (Å²) in [5, 5.41) is 0. The maximum absolute atomic E-state index is 0. The standard InChI is InChI=1S/5As.6Ga.6Mn.5P/q5*-3;6*+3;6*+2;5*-3. The molecule has 0 saturated heterocycles. The summed E-state index contributed by atoms with van der Waals surface area (Å²) >= 11 is 0. The first-order valence-electron chi connectivity index (χ1n) is 0. The molecule has 0 rings (SSSR count). The summed E-state index contributed by atoms with van der Waals surface area (Å²) in [6, 6.07) is 0. The monoisotopic (exact) mass is 1270 g/mol. The van der Waals surface area contributed by atoms with Gasteiger partial charge < -0.3 is 139 Å². The van der Waals surface area contributed by atoms with Gasteiger partial charge >= 0.3 is 221 Å². The van der Waals surface area contributed by atoms with Crippen molar-refractivity contribution in [1.82, 2.24) is 0 Å². The molecule has 0 aliphatic carbocycles. The average Bonchev–Trinajstić information content (AvgIpc) is 0. The smallest absolute Gasteiger partial charge is 3.00 e. The largest absolute Gasteiger partial charge is 3.00 e. The van der Waals surface area contributed by atoms with E-state index in [1.807, 2.05) is 0 Å².